The van der Waals surface area contributed by atoms with Crippen LogP contribution < -0.4 is 5.32 Å². The maximum atomic E-state index is 11.4. The fourth-order valence-electron chi connectivity index (χ4n) is 3.39. The third-order valence-electron chi connectivity index (χ3n) is 5.00. The number of carbonyl (C=O) groups is 1. The molecule has 1 aliphatic heterocycles. The van der Waals surface area contributed by atoms with Gasteiger partial charge in [0.2, 0.25) is 0 Å². The van der Waals surface area contributed by atoms with Crippen LogP contribution in [0.2, 0.25) is 0 Å². The fourth-order valence-corrected chi connectivity index (χ4v) is 3.39. The molecule has 0 bridgehead atoms. The monoisotopic (exact) mass is 298 g/mol. The number of nitrogens with zero attached hydrogens (tertiary/aromatic N) is 1. The number of hydrogen-bond acceptors (Lipinski definition) is 3. The lowest BCUT2D eigenvalue weighted by atomic mass is 9.89. The van der Waals surface area contributed by atoms with Crippen molar-refractivity contribution in [2.24, 2.45) is 11.8 Å². The summed E-state index contributed by atoms with van der Waals surface area (Å²) in [6.07, 6.45) is 5.56. The molecule has 1 saturated heterocycles. The third kappa shape index (κ3) is 5.95. The quantitative estimate of drug-likeness (QED) is 0.723. The van der Waals surface area contributed by atoms with E-state index >= 15 is 0 Å². The highest BCUT2D eigenvalue weighted by Gasteiger charge is 2.31. The molecule has 0 amide bonds. The van der Waals surface area contributed by atoms with Gasteiger partial charge in [0.05, 0.1) is 0 Å². The van der Waals surface area contributed by atoms with Crippen molar-refractivity contribution in [3.63, 3.8) is 0 Å². The summed E-state index contributed by atoms with van der Waals surface area (Å²) in [6, 6.07) is 0. The highest BCUT2D eigenvalue weighted by molar-refractivity contribution is 5.78. The summed E-state index contributed by atoms with van der Waals surface area (Å²) in [5.74, 6) is 0.912. The summed E-state index contributed by atoms with van der Waals surface area (Å²) in [6.45, 7) is 12.5. The van der Waals surface area contributed by atoms with Crippen LogP contribution in [0, 0.1) is 11.8 Å². The molecule has 0 aromatic heterocycles. The average Bonchev–Trinajstić information content (AvgIpc) is 2.64. The lowest BCUT2D eigenvalue weighted by Gasteiger charge is -2.27. The molecule has 0 saturated carbocycles. The van der Waals surface area contributed by atoms with Gasteiger partial charge in [-0.1, -0.05) is 20.8 Å². The lowest BCUT2D eigenvalue weighted by Crippen LogP contribution is -2.49. The Bertz CT molecular complexity index is 320. The molecule has 4 heteroatoms. The van der Waals surface area contributed by atoms with Gasteiger partial charge in [-0.3, -0.25) is 4.79 Å². The zero-order chi connectivity index (χ0) is 15.9. The molecular formula is C17H34N2O2. The summed E-state index contributed by atoms with van der Waals surface area (Å²) >= 11 is 0. The molecule has 1 aliphatic rings. The van der Waals surface area contributed by atoms with Crippen molar-refractivity contribution in [2.75, 3.05) is 26.2 Å². The van der Waals surface area contributed by atoms with Gasteiger partial charge in [-0.15, -0.1) is 0 Å². The summed E-state index contributed by atoms with van der Waals surface area (Å²) in [7, 11) is 0. The van der Waals surface area contributed by atoms with E-state index in [1.165, 1.54) is 32.4 Å². The first-order chi connectivity index (χ1) is 9.89. The van der Waals surface area contributed by atoms with E-state index in [0.29, 0.717) is 13.0 Å². The van der Waals surface area contributed by atoms with Crippen LogP contribution in [-0.4, -0.2) is 47.7 Å². The molecule has 1 heterocycles. The first-order valence-corrected chi connectivity index (χ1v) is 8.60. The number of nitrogens with one attached hydrogen (secondary N) is 1. The molecule has 21 heavy (non-hydrogen) atoms. The second kappa shape index (κ2) is 8.74. The van der Waals surface area contributed by atoms with Crippen LogP contribution in [-0.2, 0) is 4.79 Å². The average molecular weight is 298 g/mol. The molecule has 0 radical (unpaired) electrons. The molecule has 0 aromatic carbocycles. The predicted octanol–water partition coefficient (Wildman–Crippen LogP) is 2.98. The van der Waals surface area contributed by atoms with E-state index in [1.807, 2.05) is 6.92 Å². The summed E-state index contributed by atoms with van der Waals surface area (Å²) < 4.78 is 0. The predicted molar refractivity (Wildman–Crippen MR) is 87.6 cm³/mol. The van der Waals surface area contributed by atoms with E-state index in [9.17, 15) is 9.90 Å². The van der Waals surface area contributed by atoms with E-state index < -0.39 is 11.5 Å². The molecule has 2 unspecified atom stereocenters. The highest BCUT2D eigenvalue weighted by atomic mass is 16.4. The maximum Gasteiger partial charge on any atom is 0.323 e. The Morgan fingerprint density at radius 3 is 2.67 bits per heavy atom. The van der Waals surface area contributed by atoms with E-state index in [-0.39, 0.29) is 0 Å². The normalized spacial score (nSPS) is 23.8. The first kappa shape index (κ1) is 18.4. The molecule has 1 rings (SSSR count). The smallest absolute Gasteiger partial charge is 0.323 e. The van der Waals surface area contributed by atoms with Gasteiger partial charge in [0, 0.05) is 0 Å². The van der Waals surface area contributed by atoms with E-state index in [4.69, 9.17) is 0 Å². The third-order valence-corrected chi connectivity index (χ3v) is 5.00. The number of likely N-dealkylation sites (tertiary alicyclic amines) is 1. The Balaban J connectivity index is 2.36. The minimum Gasteiger partial charge on any atom is -0.480 e. The minimum atomic E-state index is -0.777. The molecule has 2 N–H and O–H groups in total. The number of aliphatic carboxylic acids is 1. The second-order valence-corrected chi connectivity index (χ2v) is 7.05. The molecule has 0 aliphatic carbocycles. The number of carboxylic acids is 1. The Hall–Kier alpha value is -0.610. The van der Waals surface area contributed by atoms with Gasteiger partial charge in [0.25, 0.3) is 0 Å². The van der Waals surface area contributed by atoms with Crippen LogP contribution in [0.3, 0.4) is 0 Å². The van der Waals surface area contributed by atoms with E-state index in [1.54, 1.807) is 6.92 Å². The van der Waals surface area contributed by atoms with E-state index in [2.05, 4.69) is 24.1 Å². The van der Waals surface area contributed by atoms with Crippen molar-refractivity contribution in [3.8, 4) is 0 Å². The van der Waals surface area contributed by atoms with Crippen molar-refractivity contribution < 1.29 is 9.90 Å². The molecular weight excluding hydrogens is 264 g/mol. The maximum absolute atomic E-state index is 11.4. The molecule has 124 valence electrons. The van der Waals surface area contributed by atoms with Crippen molar-refractivity contribution in [1.82, 2.24) is 10.2 Å². The number of carboxylic acid groups (broad SMARTS) is 1. The Labute approximate surface area is 130 Å². The molecule has 4 nitrogen and oxygen atoms in total. The van der Waals surface area contributed by atoms with Gasteiger partial charge in [-0.25, -0.2) is 0 Å². The number of rotatable bonds is 8. The van der Waals surface area contributed by atoms with Crippen molar-refractivity contribution in [1.29, 1.82) is 0 Å². The van der Waals surface area contributed by atoms with Gasteiger partial charge in [0.1, 0.15) is 5.54 Å². The molecule has 2 atom stereocenters. The summed E-state index contributed by atoms with van der Waals surface area (Å²) in [5.41, 5.74) is -0.777. The van der Waals surface area contributed by atoms with E-state index in [0.717, 1.165) is 24.8 Å². The van der Waals surface area contributed by atoms with Gasteiger partial charge in [-0.2, -0.15) is 0 Å². The van der Waals surface area contributed by atoms with Crippen molar-refractivity contribution >= 4 is 5.97 Å². The van der Waals surface area contributed by atoms with Crippen molar-refractivity contribution in [3.05, 3.63) is 0 Å². The van der Waals surface area contributed by atoms with Crippen molar-refractivity contribution in [2.45, 2.75) is 65.3 Å². The molecule has 1 fully saturated rings. The van der Waals surface area contributed by atoms with Crippen LogP contribution in [0.5, 0.6) is 0 Å². The van der Waals surface area contributed by atoms with Crippen LogP contribution in [0.25, 0.3) is 0 Å². The van der Waals surface area contributed by atoms with Crippen LogP contribution in [0.4, 0.5) is 0 Å². The standard InChI is InChI=1S/C17H34N2O2/c1-5-18-17(4,16(20)21)10-7-12-19-11-6-8-15(9-13-19)14(2)3/h14-15,18H,5-13H2,1-4H3,(H,20,21). The number of likely N-dealkylation sites (N-methyl/N-ethyl adjacent to an activating group) is 1. The summed E-state index contributed by atoms with van der Waals surface area (Å²) in [5, 5.41) is 12.5. The van der Waals surface area contributed by atoms with Gasteiger partial charge >= 0.3 is 5.97 Å². The SMILES string of the molecule is CCNC(C)(CCCN1CCCC(C(C)C)CC1)C(=O)O. The Kier molecular flexibility index (Phi) is 7.67. The lowest BCUT2D eigenvalue weighted by molar-refractivity contribution is -0.144. The summed E-state index contributed by atoms with van der Waals surface area (Å²) in [4.78, 5) is 13.9. The minimum absolute atomic E-state index is 0.695. The second-order valence-electron chi connectivity index (χ2n) is 7.05. The topological polar surface area (TPSA) is 52.6 Å². The molecule has 0 spiro atoms. The Morgan fingerprint density at radius 1 is 1.38 bits per heavy atom. The van der Waals surface area contributed by atoms with Gasteiger partial charge < -0.3 is 15.3 Å². The Morgan fingerprint density at radius 2 is 2.10 bits per heavy atom. The number of hydrogen-bond donors (Lipinski definition) is 2. The van der Waals surface area contributed by atoms with Crippen LogP contribution in [0.1, 0.15) is 59.8 Å². The largest absolute Gasteiger partial charge is 0.480 e. The van der Waals surface area contributed by atoms with Gasteiger partial charge in [-0.05, 0) is 77.0 Å². The highest BCUT2D eigenvalue weighted by Crippen LogP contribution is 2.25. The van der Waals surface area contributed by atoms with Crippen LogP contribution in [0.15, 0.2) is 0 Å². The zero-order valence-corrected chi connectivity index (χ0v) is 14.3. The fraction of sp³-hybridized carbons (Fsp3) is 0.941. The van der Waals surface area contributed by atoms with Crippen LogP contribution >= 0.6 is 0 Å². The van der Waals surface area contributed by atoms with Gasteiger partial charge in [0.15, 0.2) is 0 Å². The first-order valence-electron chi connectivity index (χ1n) is 8.60. The zero-order valence-electron chi connectivity index (χ0n) is 14.3. The molecule has 0 aromatic rings.